The molecule has 6 heteroatoms. The van der Waals surface area contributed by atoms with Crippen LogP contribution in [0.15, 0.2) is 40.1 Å². The Balaban J connectivity index is 2.21. The fraction of sp³-hybridized carbons (Fsp3) is 0.200. The molecule has 0 aliphatic carbocycles. The number of furan rings is 1. The number of thioether (sulfide) groups is 1. The van der Waals surface area contributed by atoms with Crippen molar-refractivity contribution in [2.45, 2.75) is 12.1 Å². The highest BCUT2D eigenvalue weighted by Gasteiger charge is 2.13. The molecule has 2 rings (SSSR count). The molecule has 0 bridgehead atoms. The lowest BCUT2D eigenvalue weighted by molar-refractivity contribution is 0.574. The molecule has 2 aromatic rings. The maximum absolute atomic E-state index is 5.86. The summed E-state index contributed by atoms with van der Waals surface area (Å²) in [7, 11) is 0. The fourth-order valence-corrected chi connectivity index (χ4v) is 1.84. The zero-order chi connectivity index (χ0) is 11.5. The molecule has 0 amide bonds. The molecular weight excluding hydrogens is 224 g/mol. The van der Waals surface area contributed by atoms with Crippen LogP contribution < -0.4 is 5.84 Å². The summed E-state index contributed by atoms with van der Waals surface area (Å²) < 4.78 is 6.63. The third-order valence-electron chi connectivity index (χ3n) is 1.85. The van der Waals surface area contributed by atoms with Crippen LogP contribution in [0.2, 0.25) is 0 Å². The third-order valence-corrected chi connectivity index (χ3v) is 3.03. The van der Waals surface area contributed by atoms with E-state index in [1.807, 2.05) is 6.92 Å². The van der Waals surface area contributed by atoms with Crippen LogP contribution in [0.4, 0.5) is 0 Å². The van der Waals surface area contributed by atoms with Gasteiger partial charge in [0, 0.05) is 5.75 Å². The molecule has 0 fully saturated rings. The van der Waals surface area contributed by atoms with E-state index >= 15 is 0 Å². The molecule has 0 unspecified atom stereocenters. The average Bonchev–Trinajstić information content (AvgIpc) is 2.84. The highest BCUT2D eigenvalue weighted by Crippen LogP contribution is 2.22. The SMILES string of the molecule is C=C(C)CSc1nnc(-c2ccco2)n1N. The first-order valence-corrected chi connectivity index (χ1v) is 5.68. The Morgan fingerprint density at radius 3 is 3.06 bits per heavy atom. The lowest BCUT2D eigenvalue weighted by Gasteiger charge is -2.01. The van der Waals surface area contributed by atoms with Crippen LogP contribution in [0.5, 0.6) is 0 Å². The van der Waals surface area contributed by atoms with Gasteiger partial charge < -0.3 is 10.3 Å². The second-order valence-corrected chi connectivity index (χ2v) is 4.34. The first-order chi connectivity index (χ1) is 7.68. The second-order valence-electron chi connectivity index (χ2n) is 3.40. The summed E-state index contributed by atoms with van der Waals surface area (Å²) in [5.41, 5.74) is 1.06. The van der Waals surface area contributed by atoms with Gasteiger partial charge in [-0.3, -0.25) is 0 Å². The van der Waals surface area contributed by atoms with E-state index in [-0.39, 0.29) is 0 Å². The lowest BCUT2D eigenvalue weighted by atomic mass is 10.4. The fourth-order valence-electron chi connectivity index (χ4n) is 1.14. The second kappa shape index (κ2) is 4.44. The van der Waals surface area contributed by atoms with Gasteiger partial charge in [-0.2, -0.15) is 0 Å². The standard InChI is InChI=1S/C10H12N4OS/c1-7(2)6-16-10-13-12-9(14(10)11)8-4-3-5-15-8/h3-5H,1,6,11H2,2H3. The molecule has 0 aliphatic rings. The monoisotopic (exact) mass is 236 g/mol. The van der Waals surface area contributed by atoms with Gasteiger partial charge in [0.25, 0.3) is 0 Å². The van der Waals surface area contributed by atoms with Gasteiger partial charge in [0.15, 0.2) is 5.76 Å². The van der Waals surface area contributed by atoms with Gasteiger partial charge in [0.1, 0.15) is 0 Å². The van der Waals surface area contributed by atoms with Crippen molar-refractivity contribution >= 4 is 11.8 Å². The molecule has 0 spiro atoms. The average molecular weight is 236 g/mol. The summed E-state index contributed by atoms with van der Waals surface area (Å²) in [6.07, 6.45) is 1.57. The van der Waals surface area contributed by atoms with E-state index in [0.29, 0.717) is 16.7 Å². The molecule has 0 atom stereocenters. The van der Waals surface area contributed by atoms with E-state index < -0.39 is 0 Å². The summed E-state index contributed by atoms with van der Waals surface area (Å²) in [6.45, 7) is 5.77. The van der Waals surface area contributed by atoms with Crippen molar-refractivity contribution in [3.63, 3.8) is 0 Å². The number of hydrogen-bond acceptors (Lipinski definition) is 5. The van der Waals surface area contributed by atoms with E-state index in [1.165, 1.54) is 16.4 Å². The molecule has 16 heavy (non-hydrogen) atoms. The zero-order valence-corrected chi connectivity index (χ0v) is 9.70. The molecule has 2 aromatic heterocycles. The van der Waals surface area contributed by atoms with E-state index in [9.17, 15) is 0 Å². The van der Waals surface area contributed by atoms with Gasteiger partial charge in [0.2, 0.25) is 11.0 Å². The zero-order valence-electron chi connectivity index (χ0n) is 8.88. The summed E-state index contributed by atoms with van der Waals surface area (Å²) in [6, 6.07) is 3.57. The van der Waals surface area contributed by atoms with Crippen molar-refractivity contribution < 1.29 is 4.42 Å². The van der Waals surface area contributed by atoms with Crippen molar-refractivity contribution in [2.24, 2.45) is 0 Å². The first kappa shape index (κ1) is 10.8. The number of nitrogens with two attached hydrogens (primary N) is 1. The molecule has 0 saturated heterocycles. The van der Waals surface area contributed by atoms with Crippen LogP contribution in [0, 0.1) is 0 Å². The minimum atomic E-state index is 0.522. The number of nitrogens with zero attached hydrogens (tertiary/aromatic N) is 3. The Hall–Kier alpha value is -1.69. The molecule has 2 N–H and O–H groups in total. The van der Waals surface area contributed by atoms with E-state index in [1.54, 1.807) is 18.4 Å². The van der Waals surface area contributed by atoms with Gasteiger partial charge in [-0.1, -0.05) is 23.9 Å². The molecule has 2 heterocycles. The Labute approximate surface area is 97.3 Å². The lowest BCUT2D eigenvalue weighted by Crippen LogP contribution is -2.11. The van der Waals surface area contributed by atoms with E-state index in [4.69, 9.17) is 10.3 Å². The van der Waals surface area contributed by atoms with Crippen LogP contribution in [0.1, 0.15) is 6.92 Å². The van der Waals surface area contributed by atoms with Crippen molar-refractivity contribution in [2.75, 3.05) is 11.6 Å². The summed E-state index contributed by atoms with van der Waals surface area (Å²) >= 11 is 1.50. The van der Waals surface area contributed by atoms with Crippen molar-refractivity contribution in [3.8, 4) is 11.6 Å². The number of nitrogen functional groups attached to an aromatic ring is 1. The maximum atomic E-state index is 5.86. The minimum absolute atomic E-state index is 0.522. The number of rotatable bonds is 4. The van der Waals surface area contributed by atoms with Gasteiger partial charge in [0.05, 0.1) is 6.26 Å². The molecule has 0 aliphatic heterocycles. The van der Waals surface area contributed by atoms with E-state index in [0.717, 1.165) is 11.3 Å². The van der Waals surface area contributed by atoms with E-state index in [2.05, 4.69) is 16.8 Å². The highest BCUT2D eigenvalue weighted by atomic mass is 32.2. The number of hydrogen-bond donors (Lipinski definition) is 1. The molecular formula is C10H12N4OS. The van der Waals surface area contributed by atoms with Gasteiger partial charge >= 0.3 is 0 Å². The van der Waals surface area contributed by atoms with Crippen molar-refractivity contribution in [1.82, 2.24) is 14.9 Å². The third kappa shape index (κ3) is 2.11. The Morgan fingerprint density at radius 1 is 1.62 bits per heavy atom. The molecule has 0 saturated carbocycles. The van der Waals surface area contributed by atoms with Crippen LogP contribution in [0.25, 0.3) is 11.6 Å². The summed E-state index contributed by atoms with van der Waals surface area (Å²) in [4.78, 5) is 0. The normalized spacial score (nSPS) is 10.6. The molecule has 5 nitrogen and oxygen atoms in total. The van der Waals surface area contributed by atoms with Gasteiger partial charge in [-0.25, -0.2) is 4.68 Å². The summed E-state index contributed by atoms with van der Waals surface area (Å²) in [5.74, 6) is 7.76. The minimum Gasteiger partial charge on any atom is -0.461 e. The van der Waals surface area contributed by atoms with Crippen LogP contribution in [-0.2, 0) is 0 Å². The Morgan fingerprint density at radius 2 is 2.44 bits per heavy atom. The smallest absolute Gasteiger partial charge is 0.218 e. The van der Waals surface area contributed by atoms with Crippen molar-refractivity contribution in [3.05, 3.63) is 30.5 Å². The van der Waals surface area contributed by atoms with Gasteiger partial charge in [-0.15, -0.1) is 10.2 Å². The number of aromatic nitrogens is 3. The molecule has 0 radical (unpaired) electrons. The summed E-state index contributed by atoms with van der Waals surface area (Å²) in [5, 5.41) is 8.62. The molecule has 0 aromatic carbocycles. The Bertz CT molecular complexity index is 489. The van der Waals surface area contributed by atoms with Crippen molar-refractivity contribution in [1.29, 1.82) is 0 Å². The first-order valence-electron chi connectivity index (χ1n) is 4.70. The maximum Gasteiger partial charge on any atom is 0.218 e. The van der Waals surface area contributed by atoms with Crippen LogP contribution >= 0.6 is 11.8 Å². The molecule has 84 valence electrons. The predicted molar refractivity (Wildman–Crippen MR) is 63.4 cm³/mol. The Kier molecular flexibility index (Phi) is 3.00. The highest BCUT2D eigenvalue weighted by molar-refractivity contribution is 7.99. The van der Waals surface area contributed by atoms with Gasteiger partial charge in [-0.05, 0) is 19.1 Å². The quantitative estimate of drug-likeness (QED) is 0.499. The van der Waals surface area contributed by atoms with Crippen LogP contribution in [-0.4, -0.2) is 20.6 Å². The topological polar surface area (TPSA) is 69.9 Å². The predicted octanol–water partition coefficient (Wildman–Crippen LogP) is 1.92. The van der Waals surface area contributed by atoms with Crippen LogP contribution in [0.3, 0.4) is 0 Å². The largest absolute Gasteiger partial charge is 0.461 e.